The van der Waals surface area contributed by atoms with Crippen molar-refractivity contribution in [2.45, 2.75) is 52.4 Å². The molecule has 0 saturated carbocycles. The van der Waals surface area contributed by atoms with Gasteiger partial charge in [-0.15, -0.1) is 0 Å². The number of hydrogen-bond acceptors (Lipinski definition) is 2. The first-order valence-electron chi connectivity index (χ1n) is 24.1. The average Bonchev–Trinajstić information content (AvgIpc) is 3.86. The zero-order valence-electron chi connectivity index (χ0n) is 39.0. The molecule has 6 heteroatoms. The molecule has 6 heterocycles. The van der Waals surface area contributed by atoms with Gasteiger partial charge in [-0.25, -0.2) is 0 Å². The molecule has 0 aliphatic carbocycles. The fourth-order valence-electron chi connectivity index (χ4n) is 12.4. The van der Waals surface area contributed by atoms with Crippen molar-refractivity contribution in [3.63, 3.8) is 0 Å². The predicted octanol–water partition coefficient (Wildman–Crippen LogP) is 11.7. The summed E-state index contributed by atoms with van der Waals surface area (Å²) in [6.45, 7) is 13.7. The molecule has 0 radical (unpaired) electrons. The van der Waals surface area contributed by atoms with Crippen LogP contribution >= 0.6 is 0 Å². The normalized spacial score (nSPS) is 13.9. The first-order chi connectivity index (χ1) is 33.0. The minimum absolute atomic E-state index is 0.0194. The van der Waals surface area contributed by atoms with E-state index in [9.17, 15) is 0 Å². The Labute approximate surface area is 396 Å². The van der Waals surface area contributed by atoms with Gasteiger partial charge in [-0.2, -0.15) is 0 Å². The fraction of sp³-hybridized carbons (Fsp3) is 0.129. The highest BCUT2D eigenvalue weighted by atomic mass is 16.5. The molecule has 0 amide bonds. The number of fused-ring (bicyclic) bond motifs is 16. The lowest BCUT2D eigenvalue weighted by molar-refractivity contribution is 0.487. The fourth-order valence-corrected chi connectivity index (χ4v) is 12.4. The van der Waals surface area contributed by atoms with Gasteiger partial charge >= 0.3 is 0 Å². The molecule has 11 aromatic rings. The van der Waals surface area contributed by atoms with Crippen molar-refractivity contribution in [3.8, 4) is 56.6 Å². The lowest BCUT2D eigenvalue weighted by Crippen LogP contribution is -2.58. The Morgan fingerprint density at radius 3 is 1.19 bits per heavy atom. The monoisotopic (exact) mass is 872 g/mol. The second-order valence-electron chi connectivity index (χ2n) is 21.7. The van der Waals surface area contributed by atoms with Crippen molar-refractivity contribution in [2.75, 3.05) is 0 Å². The summed E-state index contributed by atoms with van der Waals surface area (Å²) in [4.78, 5) is 0. The molecular weight excluding hydrogens is 826 g/mol. The molecule has 0 spiro atoms. The van der Waals surface area contributed by atoms with Crippen LogP contribution in [0.15, 0.2) is 170 Å². The van der Waals surface area contributed by atoms with E-state index in [1.54, 1.807) is 0 Å². The third-order valence-corrected chi connectivity index (χ3v) is 15.8. The van der Waals surface area contributed by atoms with Crippen LogP contribution in [0.25, 0.3) is 77.2 Å². The predicted molar refractivity (Wildman–Crippen MR) is 286 cm³/mol. The molecule has 0 N–H and O–H groups in total. The van der Waals surface area contributed by atoms with Crippen molar-refractivity contribution in [1.29, 1.82) is 0 Å². The molecule has 322 valence electrons. The van der Waals surface area contributed by atoms with E-state index in [0.29, 0.717) is 0 Å². The highest BCUT2D eigenvalue weighted by molar-refractivity contribution is 7.00. The van der Waals surface area contributed by atoms with Gasteiger partial charge in [-0.05, 0) is 138 Å². The molecule has 0 saturated heterocycles. The molecule has 68 heavy (non-hydrogen) atoms. The van der Waals surface area contributed by atoms with Gasteiger partial charge in [0, 0.05) is 32.9 Å². The molecule has 4 nitrogen and oxygen atoms in total. The number of aromatic nitrogens is 2. The van der Waals surface area contributed by atoms with Gasteiger partial charge in [0.1, 0.15) is 23.0 Å². The van der Waals surface area contributed by atoms with Gasteiger partial charge in [0.2, 0.25) is 0 Å². The molecule has 2 aromatic heterocycles. The van der Waals surface area contributed by atoms with Crippen LogP contribution in [0.3, 0.4) is 0 Å². The summed E-state index contributed by atoms with van der Waals surface area (Å²) in [6.07, 6.45) is 0. The Morgan fingerprint density at radius 1 is 0.353 bits per heavy atom. The van der Waals surface area contributed by atoms with Crippen LogP contribution in [0, 0.1) is 0 Å². The Bertz CT molecular complexity index is 3790. The summed E-state index contributed by atoms with van der Waals surface area (Å²) in [6, 6.07) is 63.9. The van der Waals surface area contributed by atoms with Crippen LogP contribution < -0.4 is 42.3 Å². The van der Waals surface area contributed by atoms with Gasteiger partial charge in [0.25, 0.3) is 13.4 Å². The van der Waals surface area contributed by atoms with Crippen LogP contribution in [0.5, 0.6) is 23.0 Å². The molecule has 0 unspecified atom stereocenters. The van der Waals surface area contributed by atoms with Crippen molar-refractivity contribution in [1.82, 2.24) is 9.13 Å². The standard InChI is InChI=1S/C62H46B2N2O2/c1-61(2,3)39-21-15-35(16-22-39)37-19-27-49-47(31-37)63-45-11-7-9-13-53(45)67-55-29-25-41-43-33-44-42-26-30-56-58-60(42)66(52(44)34-51(43)65(49)59(41)57(55)63)50-28-20-38(36-17-23-40(24-18-36)62(4,5)6)32-48(50)64(58)46-12-8-10-14-54(46)68-56/h7-34H,1-6H3. The quantitative estimate of drug-likeness (QED) is 0.162. The summed E-state index contributed by atoms with van der Waals surface area (Å²) in [5.41, 5.74) is 22.5. The van der Waals surface area contributed by atoms with Crippen LogP contribution in [-0.4, -0.2) is 22.6 Å². The lowest BCUT2D eigenvalue weighted by atomic mass is 9.34. The third kappa shape index (κ3) is 5.07. The highest BCUT2D eigenvalue weighted by Crippen LogP contribution is 2.45. The molecule has 9 aromatic carbocycles. The van der Waals surface area contributed by atoms with Gasteiger partial charge in [0.15, 0.2) is 0 Å². The second kappa shape index (κ2) is 13.0. The smallest absolute Gasteiger partial charge is 0.256 e. The maximum absolute atomic E-state index is 6.83. The van der Waals surface area contributed by atoms with Crippen LogP contribution in [0.1, 0.15) is 52.7 Å². The first kappa shape index (κ1) is 38.4. The number of benzene rings is 9. The summed E-state index contributed by atoms with van der Waals surface area (Å²) >= 11 is 0. The summed E-state index contributed by atoms with van der Waals surface area (Å²) in [5.74, 6) is 3.72. The van der Waals surface area contributed by atoms with Crippen molar-refractivity contribution >= 4 is 89.8 Å². The lowest BCUT2D eigenvalue weighted by Gasteiger charge is -2.33. The Balaban J connectivity index is 1.01. The number of ether oxygens (including phenoxy) is 2. The highest BCUT2D eigenvalue weighted by Gasteiger charge is 2.43. The molecular formula is C62H46B2N2O2. The maximum atomic E-state index is 6.83. The minimum atomic E-state index is 0.0194. The first-order valence-corrected chi connectivity index (χ1v) is 24.1. The molecule has 15 rings (SSSR count). The Morgan fingerprint density at radius 2 is 0.765 bits per heavy atom. The van der Waals surface area contributed by atoms with E-state index < -0.39 is 0 Å². The van der Waals surface area contributed by atoms with Crippen LogP contribution in [-0.2, 0) is 10.8 Å². The molecule has 4 aliphatic rings. The topological polar surface area (TPSA) is 28.3 Å². The van der Waals surface area contributed by atoms with E-state index in [2.05, 4.69) is 221 Å². The maximum Gasteiger partial charge on any atom is 0.256 e. The van der Waals surface area contributed by atoms with E-state index in [1.165, 1.54) is 121 Å². The molecule has 4 aliphatic heterocycles. The minimum Gasteiger partial charge on any atom is -0.458 e. The van der Waals surface area contributed by atoms with E-state index in [4.69, 9.17) is 9.47 Å². The third-order valence-electron chi connectivity index (χ3n) is 15.8. The molecule has 0 fully saturated rings. The van der Waals surface area contributed by atoms with Crippen molar-refractivity contribution < 1.29 is 9.47 Å². The second-order valence-corrected chi connectivity index (χ2v) is 21.7. The van der Waals surface area contributed by atoms with E-state index in [0.717, 1.165) is 23.0 Å². The van der Waals surface area contributed by atoms with Crippen LogP contribution in [0.4, 0.5) is 0 Å². The van der Waals surface area contributed by atoms with Crippen molar-refractivity contribution in [2.24, 2.45) is 0 Å². The average molecular weight is 873 g/mol. The number of nitrogens with zero attached hydrogens (tertiary/aromatic N) is 2. The van der Waals surface area contributed by atoms with Gasteiger partial charge in [-0.3, -0.25) is 0 Å². The van der Waals surface area contributed by atoms with Gasteiger partial charge in [-0.1, -0.05) is 151 Å². The largest absolute Gasteiger partial charge is 0.458 e. The SMILES string of the molecule is CC(C)(C)c1ccc(-c2ccc3c(c2)B2c4ccccc4Oc4ccc5c6cc7c8ccc9c%10c8n(c7cc6n-3c5c42)-c2ccc(-c3ccc(C(C)(C)C)cc3)cc2B%10c2ccccc2O9)cc1. The van der Waals surface area contributed by atoms with Gasteiger partial charge in [0.05, 0.1) is 22.1 Å². The van der Waals surface area contributed by atoms with Gasteiger partial charge < -0.3 is 18.6 Å². The number of rotatable bonds is 2. The van der Waals surface area contributed by atoms with Crippen LogP contribution in [0.2, 0.25) is 0 Å². The number of para-hydroxylation sites is 2. The van der Waals surface area contributed by atoms with E-state index >= 15 is 0 Å². The number of hydrogen-bond donors (Lipinski definition) is 0. The molecule has 0 bridgehead atoms. The summed E-state index contributed by atoms with van der Waals surface area (Å²) in [7, 11) is 0. The zero-order valence-corrected chi connectivity index (χ0v) is 39.0. The summed E-state index contributed by atoms with van der Waals surface area (Å²) < 4.78 is 18.8. The Kier molecular flexibility index (Phi) is 7.37. The zero-order chi connectivity index (χ0) is 45.5. The van der Waals surface area contributed by atoms with E-state index in [-0.39, 0.29) is 24.3 Å². The summed E-state index contributed by atoms with van der Waals surface area (Å²) in [5, 5.41) is 4.97. The van der Waals surface area contributed by atoms with E-state index in [1.807, 2.05) is 0 Å². The Hall–Kier alpha value is -7.69. The molecule has 0 atom stereocenters. The van der Waals surface area contributed by atoms with Crippen molar-refractivity contribution in [3.05, 3.63) is 181 Å².